The number of hydrogen-bond donors (Lipinski definition) is 0. The Kier molecular flexibility index (Phi) is 30.9. The van der Waals surface area contributed by atoms with Gasteiger partial charge in [0.25, 0.3) is 0 Å². The zero-order valence-corrected chi connectivity index (χ0v) is 16.7. The van der Waals surface area contributed by atoms with Crippen molar-refractivity contribution >= 4 is 55.1 Å². The molecule has 0 saturated carbocycles. The summed E-state index contributed by atoms with van der Waals surface area (Å²) in [5.41, 5.74) is 0. The molecule has 0 aliphatic rings. The fourth-order valence-electron chi connectivity index (χ4n) is 1.48. The first kappa shape index (κ1) is 22.0. The maximum atomic E-state index is 2.30. The fraction of sp³-hybridized carbons (Fsp3) is 1.00. The fourth-order valence-corrected chi connectivity index (χ4v) is 5.05. The van der Waals surface area contributed by atoms with Crippen LogP contribution in [0, 0.1) is 0 Å². The Morgan fingerprint density at radius 1 is 0.600 bits per heavy atom. The molecule has 3 heteroatoms. The van der Waals surface area contributed by atoms with Gasteiger partial charge in [-0.25, -0.2) is 0 Å². The van der Waals surface area contributed by atoms with Crippen molar-refractivity contribution in [3.63, 3.8) is 0 Å². The van der Waals surface area contributed by atoms with Crippen molar-refractivity contribution in [1.29, 1.82) is 0 Å². The number of rotatable bonds is 10. The molecule has 15 heavy (non-hydrogen) atoms. The summed E-state index contributed by atoms with van der Waals surface area (Å²) in [7, 11) is 0. The van der Waals surface area contributed by atoms with Crippen molar-refractivity contribution in [3.8, 4) is 0 Å². The van der Waals surface area contributed by atoms with Crippen LogP contribution >= 0.6 is 34.0 Å². The van der Waals surface area contributed by atoms with Gasteiger partial charge in [0.2, 0.25) is 0 Å². The van der Waals surface area contributed by atoms with Gasteiger partial charge in [-0.05, 0) is 0 Å². The first-order chi connectivity index (χ1) is 6.41. The molecular formula is C12H28Br2Sn. The molecular weight excluding hydrogens is 423 g/mol. The Hall–Kier alpha value is 1.76. The first-order valence-electron chi connectivity index (χ1n) is 6.12. The molecule has 0 rings (SSSR count). The van der Waals surface area contributed by atoms with Gasteiger partial charge in [-0.15, -0.1) is 34.0 Å². The van der Waals surface area contributed by atoms with Crippen LogP contribution in [0.3, 0.4) is 0 Å². The second-order valence-corrected chi connectivity index (χ2v) is 8.15. The molecule has 0 aliphatic heterocycles. The van der Waals surface area contributed by atoms with E-state index in [1.54, 1.807) is 21.7 Å². The van der Waals surface area contributed by atoms with Gasteiger partial charge in [0.05, 0.1) is 0 Å². The summed E-state index contributed by atoms with van der Waals surface area (Å²) < 4.78 is 3.30. The summed E-state index contributed by atoms with van der Waals surface area (Å²) in [6.45, 7) is 4.59. The molecule has 0 atom stereocenters. The van der Waals surface area contributed by atoms with Gasteiger partial charge in [-0.2, -0.15) is 0 Å². The van der Waals surface area contributed by atoms with E-state index in [2.05, 4.69) is 13.8 Å². The van der Waals surface area contributed by atoms with Crippen LogP contribution in [-0.4, -0.2) is 21.1 Å². The van der Waals surface area contributed by atoms with Gasteiger partial charge in [-0.1, -0.05) is 0 Å². The monoisotopic (exact) mass is 450 g/mol. The van der Waals surface area contributed by atoms with Crippen molar-refractivity contribution in [2.45, 2.75) is 74.1 Å². The molecule has 0 aromatic heterocycles. The van der Waals surface area contributed by atoms with E-state index in [0.717, 1.165) is 0 Å². The minimum atomic E-state index is 0. The van der Waals surface area contributed by atoms with Crippen LogP contribution in [0.4, 0.5) is 0 Å². The Labute approximate surface area is 128 Å². The van der Waals surface area contributed by atoms with Crippen LogP contribution in [0.25, 0.3) is 0 Å². The van der Waals surface area contributed by atoms with E-state index in [4.69, 9.17) is 0 Å². The SMILES string of the molecule is Br.Br.CCCCC[CH2][Sn][CH2]CCCCC. The van der Waals surface area contributed by atoms with E-state index >= 15 is 0 Å². The van der Waals surface area contributed by atoms with Crippen molar-refractivity contribution in [2.24, 2.45) is 0 Å². The first-order valence-corrected chi connectivity index (χ1v) is 10.2. The number of halogens is 2. The predicted molar refractivity (Wildman–Crippen MR) is 84.3 cm³/mol. The predicted octanol–water partition coefficient (Wildman–Crippen LogP) is 5.84. The van der Waals surface area contributed by atoms with Crippen molar-refractivity contribution in [2.75, 3.05) is 0 Å². The Balaban J connectivity index is -0.000000720. The van der Waals surface area contributed by atoms with Crippen LogP contribution < -0.4 is 0 Å². The van der Waals surface area contributed by atoms with E-state index in [0.29, 0.717) is 0 Å². The summed E-state index contributed by atoms with van der Waals surface area (Å²) in [5, 5.41) is 0. The minimum absolute atomic E-state index is 0. The van der Waals surface area contributed by atoms with E-state index < -0.39 is 0 Å². The van der Waals surface area contributed by atoms with E-state index in [9.17, 15) is 0 Å². The molecule has 0 heterocycles. The number of hydrogen-bond acceptors (Lipinski definition) is 0. The molecule has 0 spiro atoms. The summed E-state index contributed by atoms with van der Waals surface area (Å²) in [6.07, 6.45) is 11.8. The molecule has 0 fully saturated rings. The summed E-state index contributed by atoms with van der Waals surface area (Å²) >= 11 is 0.104. The van der Waals surface area contributed by atoms with Crippen LogP contribution in [-0.2, 0) is 0 Å². The molecule has 0 amide bonds. The average Bonchev–Trinajstić information content (AvgIpc) is 2.16. The molecule has 0 aliphatic carbocycles. The molecule has 0 bridgehead atoms. The van der Waals surface area contributed by atoms with Crippen LogP contribution in [0.15, 0.2) is 0 Å². The summed E-state index contributed by atoms with van der Waals surface area (Å²) in [6, 6.07) is 0. The van der Waals surface area contributed by atoms with E-state index in [1.807, 2.05) is 0 Å². The average molecular weight is 451 g/mol. The van der Waals surface area contributed by atoms with Crippen LogP contribution in [0.5, 0.6) is 0 Å². The molecule has 94 valence electrons. The third kappa shape index (κ3) is 21.6. The zero-order chi connectivity index (χ0) is 9.78. The molecule has 0 saturated heterocycles. The standard InChI is InChI=1S/2C6H13.2BrH.Sn/c2*1-3-5-6-4-2;;;/h2*1,3-6H2,2H3;2*1H;. The molecule has 0 aromatic rings. The van der Waals surface area contributed by atoms with Gasteiger partial charge in [0.1, 0.15) is 0 Å². The van der Waals surface area contributed by atoms with Gasteiger partial charge in [0.15, 0.2) is 0 Å². The van der Waals surface area contributed by atoms with Crippen molar-refractivity contribution in [3.05, 3.63) is 0 Å². The summed E-state index contributed by atoms with van der Waals surface area (Å²) in [4.78, 5) is 0. The third-order valence-electron chi connectivity index (χ3n) is 2.41. The number of unbranched alkanes of at least 4 members (excludes halogenated alkanes) is 6. The second-order valence-electron chi connectivity index (χ2n) is 3.87. The van der Waals surface area contributed by atoms with E-state index in [-0.39, 0.29) is 55.1 Å². The topological polar surface area (TPSA) is 0 Å². The van der Waals surface area contributed by atoms with Gasteiger partial charge in [0, 0.05) is 0 Å². The van der Waals surface area contributed by atoms with Crippen LogP contribution in [0.2, 0.25) is 8.87 Å². The molecule has 2 radical (unpaired) electrons. The van der Waals surface area contributed by atoms with Gasteiger partial charge in [-0.3, -0.25) is 0 Å². The maximum absolute atomic E-state index is 2.30. The zero-order valence-electron chi connectivity index (χ0n) is 10.4. The van der Waals surface area contributed by atoms with Crippen molar-refractivity contribution in [1.82, 2.24) is 0 Å². The Morgan fingerprint density at radius 3 is 1.33 bits per heavy atom. The normalized spacial score (nSPS) is 9.20. The molecule has 0 aromatic carbocycles. The third-order valence-corrected chi connectivity index (χ3v) is 6.45. The molecule has 0 N–H and O–H groups in total. The molecule has 0 unspecified atom stereocenters. The quantitative estimate of drug-likeness (QED) is 0.289. The Morgan fingerprint density at radius 2 is 1.00 bits per heavy atom. The summed E-state index contributed by atoms with van der Waals surface area (Å²) in [5.74, 6) is 0. The van der Waals surface area contributed by atoms with Gasteiger partial charge >= 0.3 is 95.2 Å². The van der Waals surface area contributed by atoms with Crippen molar-refractivity contribution < 1.29 is 0 Å². The van der Waals surface area contributed by atoms with Gasteiger partial charge < -0.3 is 0 Å². The second kappa shape index (κ2) is 21.1. The van der Waals surface area contributed by atoms with Crippen LogP contribution in [0.1, 0.15) is 65.2 Å². The molecule has 0 nitrogen and oxygen atoms in total. The Bertz CT molecular complexity index is 79.7. The van der Waals surface area contributed by atoms with E-state index in [1.165, 1.54) is 38.5 Å².